The summed E-state index contributed by atoms with van der Waals surface area (Å²) in [6.07, 6.45) is 1.25. The Bertz CT molecular complexity index is 282. The SMILES string of the molecule is Cc1cccc(C)c1CNCCC(C)C. The highest BCUT2D eigenvalue weighted by Crippen LogP contribution is 2.12. The maximum atomic E-state index is 3.51. The van der Waals surface area contributed by atoms with E-state index < -0.39 is 0 Å². The van der Waals surface area contributed by atoms with Crippen LogP contribution >= 0.6 is 0 Å². The van der Waals surface area contributed by atoms with Crippen molar-refractivity contribution in [3.63, 3.8) is 0 Å². The quantitative estimate of drug-likeness (QED) is 0.726. The third kappa shape index (κ3) is 4.05. The Morgan fingerprint density at radius 3 is 2.27 bits per heavy atom. The van der Waals surface area contributed by atoms with Gasteiger partial charge in [0.15, 0.2) is 0 Å². The fraction of sp³-hybridized carbons (Fsp3) is 0.571. The summed E-state index contributed by atoms with van der Waals surface area (Å²) in [7, 11) is 0. The molecule has 0 fully saturated rings. The molecule has 0 atom stereocenters. The van der Waals surface area contributed by atoms with Crippen LogP contribution in [-0.4, -0.2) is 6.54 Å². The number of benzene rings is 1. The number of hydrogen-bond acceptors (Lipinski definition) is 1. The molecule has 15 heavy (non-hydrogen) atoms. The molecule has 0 radical (unpaired) electrons. The van der Waals surface area contributed by atoms with Crippen LogP contribution in [0.1, 0.15) is 37.0 Å². The molecule has 0 saturated heterocycles. The lowest BCUT2D eigenvalue weighted by Crippen LogP contribution is -2.17. The van der Waals surface area contributed by atoms with Gasteiger partial charge in [-0.1, -0.05) is 32.0 Å². The van der Waals surface area contributed by atoms with Crippen LogP contribution in [0.4, 0.5) is 0 Å². The monoisotopic (exact) mass is 205 g/mol. The first kappa shape index (κ1) is 12.3. The molecule has 0 aliphatic rings. The Balaban J connectivity index is 2.43. The third-order valence-corrected chi connectivity index (χ3v) is 2.84. The molecule has 1 heteroatoms. The van der Waals surface area contributed by atoms with Crippen LogP contribution in [0.5, 0.6) is 0 Å². The Labute approximate surface area is 93.9 Å². The van der Waals surface area contributed by atoms with E-state index in [1.807, 2.05) is 0 Å². The van der Waals surface area contributed by atoms with Gasteiger partial charge in [-0.15, -0.1) is 0 Å². The van der Waals surface area contributed by atoms with Crippen molar-refractivity contribution in [2.75, 3.05) is 6.54 Å². The van der Waals surface area contributed by atoms with Crippen LogP contribution in [0, 0.1) is 19.8 Å². The fourth-order valence-corrected chi connectivity index (χ4v) is 1.73. The minimum Gasteiger partial charge on any atom is -0.313 e. The van der Waals surface area contributed by atoms with E-state index in [0.29, 0.717) is 0 Å². The van der Waals surface area contributed by atoms with Gasteiger partial charge in [-0.25, -0.2) is 0 Å². The van der Waals surface area contributed by atoms with Crippen molar-refractivity contribution in [2.45, 2.75) is 40.7 Å². The van der Waals surface area contributed by atoms with Gasteiger partial charge >= 0.3 is 0 Å². The second kappa shape index (κ2) is 5.92. The highest BCUT2D eigenvalue weighted by atomic mass is 14.8. The minimum atomic E-state index is 0.787. The molecular weight excluding hydrogens is 182 g/mol. The van der Waals surface area contributed by atoms with Crippen LogP contribution in [0.3, 0.4) is 0 Å². The molecule has 0 aliphatic carbocycles. The van der Waals surface area contributed by atoms with Crippen molar-refractivity contribution >= 4 is 0 Å². The summed E-state index contributed by atoms with van der Waals surface area (Å²) in [6.45, 7) is 11.0. The molecule has 0 aromatic heterocycles. The molecule has 0 bridgehead atoms. The lowest BCUT2D eigenvalue weighted by Gasteiger charge is -2.11. The number of rotatable bonds is 5. The molecule has 0 unspecified atom stereocenters. The van der Waals surface area contributed by atoms with Gasteiger partial charge in [0, 0.05) is 6.54 Å². The standard InChI is InChI=1S/C14H23N/c1-11(2)8-9-15-10-14-12(3)6-5-7-13(14)4/h5-7,11,15H,8-10H2,1-4H3. The van der Waals surface area contributed by atoms with Crippen LogP contribution in [-0.2, 0) is 6.54 Å². The molecule has 1 nitrogen and oxygen atoms in total. The van der Waals surface area contributed by atoms with Crippen molar-refractivity contribution in [3.05, 3.63) is 34.9 Å². The summed E-state index contributed by atoms with van der Waals surface area (Å²) in [5, 5.41) is 3.51. The predicted octanol–water partition coefficient (Wildman–Crippen LogP) is 3.44. The lowest BCUT2D eigenvalue weighted by molar-refractivity contribution is 0.536. The third-order valence-electron chi connectivity index (χ3n) is 2.84. The molecule has 0 aliphatic heterocycles. The summed E-state index contributed by atoms with van der Waals surface area (Å²) in [5.41, 5.74) is 4.25. The Morgan fingerprint density at radius 1 is 1.13 bits per heavy atom. The predicted molar refractivity (Wildman–Crippen MR) is 67.1 cm³/mol. The topological polar surface area (TPSA) is 12.0 Å². The Morgan fingerprint density at radius 2 is 1.73 bits per heavy atom. The first-order valence-corrected chi connectivity index (χ1v) is 5.87. The van der Waals surface area contributed by atoms with Gasteiger partial charge in [-0.05, 0) is 49.4 Å². The van der Waals surface area contributed by atoms with E-state index >= 15 is 0 Å². The van der Waals surface area contributed by atoms with Crippen molar-refractivity contribution in [2.24, 2.45) is 5.92 Å². The fourth-order valence-electron chi connectivity index (χ4n) is 1.73. The number of aryl methyl sites for hydroxylation is 2. The molecule has 1 aromatic carbocycles. The van der Waals surface area contributed by atoms with E-state index in [9.17, 15) is 0 Å². The van der Waals surface area contributed by atoms with Gasteiger partial charge in [-0.2, -0.15) is 0 Å². The van der Waals surface area contributed by atoms with Crippen LogP contribution in [0.2, 0.25) is 0 Å². The van der Waals surface area contributed by atoms with Gasteiger partial charge in [0.1, 0.15) is 0 Å². The normalized spacial score (nSPS) is 11.0. The van der Waals surface area contributed by atoms with Gasteiger partial charge < -0.3 is 5.32 Å². The van der Waals surface area contributed by atoms with E-state index in [1.54, 1.807) is 0 Å². The summed E-state index contributed by atoms with van der Waals surface area (Å²) in [6, 6.07) is 6.50. The van der Waals surface area contributed by atoms with E-state index in [4.69, 9.17) is 0 Å². The van der Waals surface area contributed by atoms with Crippen molar-refractivity contribution in [3.8, 4) is 0 Å². The Hall–Kier alpha value is -0.820. The maximum absolute atomic E-state index is 3.51. The lowest BCUT2D eigenvalue weighted by atomic mass is 10.0. The molecule has 1 N–H and O–H groups in total. The zero-order valence-corrected chi connectivity index (χ0v) is 10.4. The summed E-state index contributed by atoms with van der Waals surface area (Å²) in [4.78, 5) is 0. The molecular formula is C14H23N. The summed E-state index contributed by atoms with van der Waals surface area (Å²) < 4.78 is 0. The van der Waals surface area contributed by atoms with Crippen LogP contribution < -0.4 is 5.32 Å². The molecule has 1 rings (SSSR count). The largest absolute Gasteiger partial charge is 0.313 e. The minimum absolute atomic E-state index is 0.787. The highest BCUT2D eigenvalue weighted by Gasteiger charge is 2.01. The zero-order valence-electron chi connectivity index (χ0n) is 10.4. The maximum Gasteiger partial charge on any atom is 0.0210 e. The van der Waals surface area contributed by atoms with E-state index in [0.717, 1.165) is 19.0 Å². The van der Waals surface area contributed by atoms with Gasteiger partial charge in [0.25, 0.3) is 0 Å². The highest BCUT2D eigenvalue weighted by molar-refractivity contribution is 5.33. The first-order chi connectivity index (χ1) is 7.11. The molecule has 0 heterocycles. The average molecular weight is 205 g/mol. The second-order valence-electron chi connectivity index (χ2n) is 4.73. The second-order valence-corrected chi connectivity index (χ2v) is 4.73. The molecule has 0 amide bonds. The van der Waals surface area contributed by atoms with Crippen molar-refractivity contribution in [1.82, 2.24) is 5.32 Å². The van der Waals surface area contributed by atoms with Gasteiger partial charge in [-0.3, -0.25) is 0 Å². The van der Waals surface area contributed by atoms with Gasteiger partial charge in [0.05, 0.1) is 0 Å². The van der Waals surface area contributed by atoms with E-state index in [1.165, 1.54) is 23.1 Å². The zero-order chi connectivity index (χ0) is 11.3. The smallest absolute Gasteiger partial charge is 0.0210 e. The molecule has 0 saturated carbocycles. The van der Waals surface area contributed by atoms with Crippen molar-refractivity contribution < 1.29 is 0 Å². The van der Waals surface area contributed by atoms with Gasteiger partial charge in [0.2, 0.25) is 0 Å². The molecule has 84 valence electrons. The van der Waals surface area contributed by atoms with Crippen molar-refractivity contribution in [1.29, 1.82) is 0 Å². The van der Waals surface area contributed by atoms with E-state index in [2.05, 4.69) is 51.2 Å². The number of nitrogens with one attached hydrogen (secondary N) is 1. The molecule has 1 aromatic rings. The average Bonchev–Trinajstić information content (AvgIpc) is 2.15. The first-order valence-electron chi connectivity index (χ1n) is 5.87. The summed E-state index contributed by atoms with van der Waals surface area (Å²) >= 11 is 0. The summed E-state index contributed by atoms with van der Waals surface area (Å²) in [5.74, 6) is 0.787. The van der Waals surface area contributed by atoms with Crippen LogP contribution in [0.15, 0.2) is 18.2 Å². The van der Waals surface area contributed by atoms with E-state index in [-0.39, 0.29) is 0 Å². The van der Waals surface area contributed by atoms with Crippen LogP contribution in [0.25, 0.3) is 0 Å². The Kier molecular flexibility index (Phi) is 4.83. The molecule has 0 spiro atoms. The number of hydrogen-bond donors (Lipinski definition) is 1.